The summed E-state index contributed by atoms with van der Waals surface area (Å²) in [6.07, 6.45) is 0. The minimum atomic E-state index is 0.874. The first kappa shape index (κ1) is 23.1. The van der Waals surface area contributed by atoms with Gasteiger partial charge in [0.15, 0.2) is 0 Å². The Kier molecular flexibility index (Phi) is 4.93. The SMILES string of the molecule is c1ccc(-c2c3ccccc3c(-c3cccc4c5c6ccccc6oc5n(-c5ccccc5)c34)c3ccccc23)cc1. The van der Waals surface area contributed by atoms with E-state index in [2.05, 4.69) is 150 Å². The molecule has 2 nitrogen and oxygen atoms in total. The molecule has 0 radical (unpaired) electrons. The van der Waals surface area contributed by atoms with Gasteiger partial charge in [0.05, 0.1) is 10.9 Å². The van der Waals surface area contributed by atoms with E-state index in [1.807, 2.05) is 6.07 Å². The number of furan rings is 1. The third kappa shape index (κ3) is 3.21. The molecule has 0 fully saturated rings. The molecule has 2 aromatic heterocycles. The van der Waals surface area contributed by atoms with Crippen LogP contribution in [-0.2, 0) is 0 Å². The smallest absolute Gasteiger partial charge is 0.213 e. The predicted octanol–water partition coefficient (Wildman–Crippen LogP) is 11.2. The van der Waals surface area contributed by atoms with Crippen LogP contribution in [0.3, 0.4) is 0 Å². The standard InChI is InChI=1S/C40H25NO/c1-3-14-26(15-4-1)36-28-18-7-9-20-30(28)37(31-21-10-8-19-29(31)36)33-23-13-24-34-38-32-22-11-12-25-35(32)42-40(38)41(39(33)34)27-16-5-2-6-17-27/h1-25H. The van der Waals surface area contributed by atoms with Crippen LogP contribution in [0.4, 0.5) is 0 Å². The zero-order chi connectivity index (χ0) is 27.6. The van der Waals surface area contributed by atoms with Gasteiger partial charge in [-0.1, -0.05) is 133 Å². The molecule has 9 rings (SSSR count). The number of aromatic nitrogens is 1. The Morgan fingerprint density at radius 3 is 1.60 bits per heavy atom. The highest BCUT2D eigenvalue weighted by atomic mass is 16.3. The molecule has 9 aromatic rings. The van der Waals surface area contributed by atoms with Crippen LogP contribution in [-0.4, -0.2) is 4.57 Å². The number of benzene rings is 7. The van der Waals surface area contributed by atoms with Gasteiger partial charge >= 0.3 is 0 Å². The van der Waals surface area contributed by atoms with E-state index in [0.29, 0.717) is 0 Å². The van der Waals surface area contributed by atoms with Crippen molar-refractivity contribution in [3.05, 3.63) is 152 Å². The van der Waals surface area contributed by atoms with Crippen LogP contribution in [0.25, 0.3) is 82.5 Å². The fraction of sp³-hybridized carbons (Fsp3) is 0. The van der Waals surface area contributed by atoms with Crippen LogP contribution in [0.5, 0.6) is 0 Å². The molecule has 2 heteroatoms. The Balaban J connectivity index is 1.50. The second-order valence-corrected chi connectivity index (χ2v) is 10.9. The fourth-order valence-electron chi connectivity index (χ4n) is 6.90. The van der Waals surface area contributed by atoms with E-state index in [0.717, 1.165) is 33.3 Å². The van der Waals surface area contributed by atoms with Gasteiger partial charge < -0.3 is 4.42 Å². The Morgan fingerprint density at radius 2 is 0.929 bits per heavy atom. The normalized spacial score (nSPS) is 11.8. The first-order valence-corrected chi connectivity index (χ1v) is 14.4. The summed E-state index contributed by atoms with van der Waals surface area (Å²) in [5, 5.41) is 8.47. The number of hydrogen-bond acceptors (Lipinski definition) is 1. The molecule has 0 amide bonds. The number of hydrogen-bond donors (Lipinski definition) is 0. The molecular weight excluding hydrogens is 510 g/mol. The first-order valence-electron chi connectivity index (χ1n) is 14.4. The predicted molar refractivity (Wildman–Crippen MR) is 176 cm³/mol. The lowest BCUT2D eigenvalue weighted by atomic mass is 9.85. The monoisotopic (exact) mass is 535 g/mol. The molecule has 0 aliphatic heterocycles. The van der Waals surface area contributed by atoms with Gasteiger partial charge in [-0.25, -0.2) is 0 Å². The summed E-state index contributed by atoms with van der Waals surface area (Å²) in [6, 6.07) is 54.1. The number of para-hydroxylation sites is 3. The zero-order valence-corrected chi connectivity index (χ0v) is 22.8. The minimum absolute atomic E-state index is 0.874. The Hall–Kier alpha value is -5.60. The largest absolute Gasteiger partial charge is 0.439 e. The maximum absolute atomic E-state index is 6.63. The third-order valence-electron chi connectivity index (χ3n) is 8.59. The highest BCUT2D eigenvalue weighted by Crippen LogP contribution is 2.48. The van der Waals surface area contributed by atoms with Crippen molar-refractivity contribution >= 4 is 54.5 Å². The van der Waals surface area contributed by atoms with Gasteiger partial charge in [0, 0.05) is 22.0 Å². The van der Waals surface area contributed by atoms with E-state index < -0.39 is 0 Å². The van der Waals surface area contributed by atoms with E-state index >= 15 is 0 Å². The highest BCUT2D eigenvalue weighted by Gasteiger charge is 2.24. The van der Waals surface area contributed by atoms with Gasteiger partial charge in [-0.05, 0) is 56.4 Å². The van der Waals surface area contributed by atoms with Crippen molar-refractivity contribution in [1.29, 1.82) is 0 Å². The molecule has 42 heavy (non-hydrogen) atoms. The Bertz CT molecular complexity index is 2390. The van der Waals surface area contributed by atoms with Gasteiger partial charge in [-0.3, -0.25) is 4.57 Å². The van der Waals surface area contributed by atoms with Crippen molar-refractivity contribution in [3.63, 3.8) is 0 Å². The van der Waals surface area contributed by atoms with Crippen LogP contribution < -0.4 is 0 Å². The molecule has 2 heterocycles. The lowest BCUT2D eigenvalue weighted by Gasteiger charge is -2.19. The van der Waals surface area contributed by atoms with Crippen molar-refractivity contribution in [3.8, 4) is 27.9 Å². The van der Waals surface area contributed by atoms with Gasteiger partial charge in [0.1, 0.15) is 5.58 Å². The maximum Gasteiger partial charge on any atom is 0.213 e. The molecule has 7 aromatic carbocycles. The molecule has 0 bridgehead atoms. The minimum Gasteiger partial charge on any atom is -0.439 e. The number of nitrogens with zero attached hydrogens (tertiary/aromatic N) is 1. The van der Waals surface area contributed by atoms with Crippen molar-refractivity contribution in [2.24, 2.45) is 0 Å². The fourth-order valence-corrected chi connectivity index (χ4v) is 6.90. The van der Waals surface area contributed by atoms with Crippen LogP contribution in [0.15, 0.2) is 156 Å². The summed E-state index contributed by atoms with van der Waals surface area (Å²) < 4.78 is 8.94. The van der Waals surface area contributed by atoms with Crippen LogP contribution in [0.2, 0.25) is 0 Å². The molecule has 0 atom stereocenters. The number of rotatable bonds is 3. The van der Waals surface area contributed by atoms with Crippen molar-refractivity contribution in [1.82, 2.24) is 4.57 Å². The molecular formula is C40H25NO. The molecule has 196 valence electrons. The first-order chi connectivity index (χ1) is 20.9. The summed E-state index contributed by atoms with van der Waals surface area (Å²) in [7, 11) is 0. The Morgan fingerprint density at radius 1 is 0.405 bits per heavy atom. The average Bonchev–Trinajstić information content (AvgIpc) is 3.59. The van der Waals surface area contributed by atoms with Gasteiger partial charge in [0.2, 0.25) is 5.71 Å². The summed E-state index contributed by atoms with van der Waals surface area (Å²) in [5.41, 5.74) is 8.96. The molecule has 0 saturated carbocycles. The highest BCUT2D eigenvalue weighted by molar-refractivity contribution is 6.27. The molecule has 0 spiro atoms. The quantitative estimate of drug-likeness (QED) is 0.206. The lowest BCUT2D eigenvalue weighted by molar-refractivity contribution is 0.645. The van der Waals surface area contributed by atoms with Crippen molar-refractivity contribution in [2.45, 2.75) is 0 Å². The molecule has 0 N–H and O–H groups in total. The van der Waals surface area contributed by atoms with Crippen LogP contribution in [0.1, 0.15) is 0 Å². The van der Waals surface area contributed by atoms with Crippen LogP contribution in [0, 0.1) is 0 Å². The molecule has 0 unspecified atom stereocenters. The van der Waals surface area contributed by atoms with Crippen molar-refractivity contribution < 1.29 is 4.42 Å². The van der Waals surface area contributed by atoms with E-state index in [9.17, 15) is 0 Å². The van der Waals surface area contributed by atoms with E-state index in [4.69, 9.17) is 4.42 Å². The summed E-state index contributed by atoms with van der Waals surface area (Å²) in [4.78, 5) is 0. The average molecular weight is 536 g/mol. The second kappa shape index (κ2) is 8.95. The third-order valence-corrected chi connectivity index (χ3v) is 8.59. The second-order valence-electron chi connectivity index (χ2n) is 10.9. The molecule has 0 aliphatic carbocycles. The lowest BCUT2D eigenvalue weighted by Crippen LogP contribution is -1.96. The van der Waals surface area contributed by atoms with E-state index in [1.54, 1.807) is 0 Å². The molecule has 0 saturated heterocycles. The van der Waals surface area contributed by atoms with Gasteiger partial charge in [-0.15, -0.1) is 0 Å². The maximum atomic E-state index is 6.63. The van der Waals surface area contributed by atoms with Crippen molar-refractivity contribution in [2.75, 3.05) is 0 Å². The van der Waals surface area contributed by atoms with Gasteiger partial charge in [-0.2, -0.15) is 0 Å². The van der Waals surface area contributed by atoms with E-state index in [1.165, 1.54) is 49.2 Å². The summed E-state index contributed by atoms with van der Waals surface area (Å²) in [6.45, 7) is 0. The summed E-state index contributed by atoms with van der Waals surface area (Å²) in [5.74, 6) is 0. The zero-order valence-electron chi connectivity index (χ0n) is 22.8. The van der Waals surface area contributed by atoms with E-state index in [-0.39, 0.29) is 0 Å². The topological polar surface area (TPSA) is 18.1 Å². The van der Waals surface area contributed by atoms with Gasteiger partial charge in [0.25, 0.3) is 0 Å². The molecule has 0 aliphatic rings. The number of fused-ring (bicyclic) bond motifs is 7. The van der Waals surface area contributed by atoms with Crippen LogP contribution >= 0.6 is 0 Å². The summed E-state index contributed by atoms with van der Waals surface area (Å²) >= 11 is 0. The Labute approximate surface area is 242 Å².